The van der Waals surface area contributed by atoms with E-state index in [0.29, 0.717) is 17.4 Å². The van der Waals surface area contributed by atoms with Crippen LogP contribution in [0.4, 0.5) is 10.1 Å². The number of methoxy groups -OCH3 is 1. The van der Waals surface area contributed by atoms with Crippen LogP contribution in [0.1, 0.15) is 31.0 Å². The molecule has 2 aromatic carbocycles. The van der Waals surface area contributed by atoms with Crippen LogP contribution in [0, 0.1) is 5.82 Å². The first-order chi connectivity index (χ1) is 16.8. The molecule has 0 radical (unpaired) electrons. The van der Waals surface area contributed by atoms with Gasteiger partial charge in [-0.1, -0.05) is 50.0 Å². The van der Waals surface area contributed by atoms with Crippen molar-refractivity contribution in [2.45, 2.75) is 46.1 Å². The molecule has 1 unspecified atom stereocenters. The fourth-order valence-corrected chi connectivity index (χ4v) is 4.87. The molecule has 0 saturated heterocycles. The summed E-state index contributed by atoms with van der Waals surface area (Å²) in [6.07, 6.45) is 0. The molecule has 0 aliphatic carbocycles. The van der Waals surface area contributed by atoms with Gasteiger partial charge in [-0.2, -0.15) is 0 Å². The molecule has 2 aromatic rings. The van der Waals surface area contributed by atoms with Crippen LogP contribution in [0.15, 0.2) is 42.5 Å². The van der Waals surface area contributed by atoms with E-state index in [4.69, 9.17) is 4.74 Å². The Morgan fingerprint density at radius 1 is 1.03 bits per heavy atom. The van der Waals surface area contributed by atoms with Crippen LogP contribution in [0.25, 0.3) is 0 Å². The number of anilines is 1. The lowest BCUT2D eigenvalue weighted by Gasteiger charge is -2.30. The lowest BCUT2D eigenvalue weighted by molar-refractivity contribution is -0.146. The number of hydrogen-bond donors (Lipinski definition) is 3. The van der Waals surface area contributed by atoms with Crippen LogP contribution in [0.2, 0.25) is 19.6 Å². The summed E-state index contributed by atoms with van der Waals surface area (Å²) in [7, 11) is -0.369. The third-order valence-electron chi connectivity index (χ3n) is 5.24. The molecule has 4 amide bonds. The molecule has 0 aliphatic heterocycles. The van der Waals surface area contributed by atoms with E-state index < -0.39 is 43.6 Å². The number of carbonyl (C=O) groups is 4. The Morgan fingerprint density at radius 2 is 1.67 bits per heavy atom. The van der Waals surface area contributed by atoms with Crippen LogP contribution in [0.5, 0.6) is 0 Å². The third kappa shape index (κ3) is 7.99. The summed E-state index contributed by atoms with van der Waals surface area (Å²) in [5.41, 5.74) is 3.86. The summed E-state index contributed by atoms with van der Waals surface area (Å²) in [6, 6.07) is 9.99. The lowest BCUT2D eigenvalue weighted by atomic mass is 10.0. The minimum atomic E-state index is -1.92. The van der Waals surface area contributed by atoms with E-state index >= 15 is 0 Å². The third-order valence-corrected chi connectivity index (χ3v) is 7.26. The Morgan fingerprint density at radius 3 is 2.17 bits per heavy atom. The van der Waals surface area contributed by atoms with Gasteiger partial charge >= 0.3 is 0 Å². The maximum atomic E-state index is 14.8. The van der Waals surface area contributed by atoms with Crippen molar-refractivity contribution in [3.05, 3.63) is 59.4 Å². The number of rotatable bonds is 9. The molecule has 1 atom stereocenters. The number of carbonyl (C=O) groups excluding carboxylic acids is 4. The summed E-state index contributed by atoms with van der Waals surface area (Å²) in [5.74, 6) is -2.82. The molecule has 0 spiro atoms. The predicted octanol–water partition coefficient (Wildman–Crippen LogP) is 2.21. The molecule has 0 fully saturated rings. The number of benzene rings is 2. The zero-order valence-electron chi connectivity index (χ0n) is 21.4. The van der Waals surface area contributed by atoms with Crippen LogP contribution < -0.4 is 21.2 Å². The van der Waals surface area contributed by atoms with Crippen LogP contribution in [-0.2, 0) is 30.5 Å². The summed E-state index contributed by atoms with van der Waals surface area (Å²) in [6.45, 7) is 8.46. The maximum Gasteiger partial charge on any atom is 0.257 e. The topological polar surface area (TPSA) is 117 Å². The molecular formula is C25H33FN4O5Si. The monoisotopic (exact) mass is 516 g/mol. The van der Waals surface area contributed by atoms with Crippen LogP contribution in [-0.4, -0.2) is 50.4 Å². The molecule has 36 heavy (non-hydrogen) atoms. The Hall–Kier alpha value is -3.57. The molecule has 0 heterocycles. The zero-order valence-corrected chi connectivity index (χ0v) is 22.4. The molecule has 0 aromatic heterocycles. The van der Waals surface area contributed by atoms with E-state index in [-0.39, 0.29) is 12.2 Å². The standard InChI is InChI=1S/C25H33FN4O5Si/c1-16(31)27-14-23(33)29-30(17(2)32)24(19-9-7-18(8-10-19)15-35-3)25(34)28-20-11-12-22(21(26)13-20)36(4,5)6/h7-13,24H,14-15H2,1-6H3,(H,27,31)(H,28,34)(H,29,33). The van der Waals surface area contributed by atoms with Gasteiger partial charge in [0, 0.05) is 26.6 Å². The maximum absolute atomic E-state index is 14.8. The average Bonchev–Trinajstić information content (AvgIpc) is 2.77. The first-order valence-electron chi connectivity index (χ1n) is 11.4. The van der Waals surface area contributed by atoms with Crippen molar-refractivity contribution >= 4 is 42.6 Å². The normalized spacial score (nSPS) is 11.9. The van der Waals surface area contributed by atoms with E-state index in [0.717, 1.165) is 10.6 Å². The van der Waals surface area contributed by atoms with E-state index in [1.807, 2.05) is 19.6 Å². The first kappa shape index (κ1) is 28.7. The first-order valence-corrected chi connectivity index (χ1v) is 14.9. The van der Waals surface area contributed by atoms with Crippen molar-refractivity contribution in [1.82, 2.24) is 15.8 Å². The van der Waals surface area contributed by atoms with Crippen LogP contribution >= 0.6 is 0 Å². The van der Waals surface area contributed by atoms with Gasteiger partial charge in [-0.05, 0) is 28.4 Å². The summed E-state index contributed by atoms with van der Waals surface area (Å²) in [4.78, 5) is 49.5. The second-order valence-electron chi connectivity index (χ2n) is 9.34. The smallest absolute Gasteiger partial charge is 0.257 e. The highest BCUT2D eigenvalue weighted by Gasteiger charge is 2.32. The van der Waals surface area contributed by atoms with E-state index in [1.54, 1.807) is 43.5 Å². The second-order valence-corrected chi connectivity index (χ2v) is 14.4. The number of amides is 4. The number of ether oxygens (including phenoxy) is 1. The Bertz CT molecular complexity index is 1120. The molecule has 0 aliphatic rings. The number of nitrogens with one attached hydrogen (secondary N) is 3. The van der Waals surface area contributed by atoms with Gasteiger partial charge in [-0.15, -0.1) is 0 Å². The van der Waals surface area contributed by atoms with E-state index in [1.165, 1.54) is 19.9 Å². The molecule has 194 valence electrons. The number of hydrogen-bond acceptors (Lipinski definition) is 5. The Kier molecular flexibility index (Phi) is 9.88. The number of nitrogens with zero attached hydrogens (tertiary/aromatic N) is 1. The second kappa shape index (κ2) is 12.4. The molecule has 2 rings (SSSR count). The average molecular weight is 517 g/mol. The zero-order chi connectivity index (χ0) is 27.0. The van der Waals surface area contributed by atoms with E-state index in [2.05, 4.69) is 16.1 Å². The predicted molar refractivity (Wildman–Crippen MR) is 137 cm³/mol. The minimum absolute atomic E-state index is 0.216. The largest absolute Gasteiger partial charge is 0.380 e. The number of hydrazine groups is 1. The highest BCUT2D eigenvalue weighted by molar-refractivity contribution is 6.88. The highest BCUT2D eigenvalue weighted by Crippen LogP contribution is 2.23. The molecule has 3 N–H and O–H groups in total. The van der Waals surface area contributed by atoms with Crippen molar-refractivity contribution < 1.29 is 28.3 Å². The quantitative estimate of drug-likeness (QED) is 0.349. The van der Waals surface area contributed by atoms with Crippen LogP contribution in [0.3, 0.4) is 0 Å². The van der Waals surface area contributed by atoms with Crippen molar-refractivity contribution in [1.29, 1.82) is 0 Å². The SMILES string of the molecule is COCc1ccc(C(C(=O)Nc2ccc([Si](C)(C)C)c(F)c2)N(NC(=O)CNC(C)=O)C(C)=O)cc1. The fraction of sp³-hybridized carbons (Fsp3) is 0.360. The van der Waals surface area contributed by atoms with Gasteiger partial charge < -0.3 is 15.4 Å². The summed E-state index contributed by atoms with van der Waals surface area (Å²) in [5, 5.41) is 6.51. The van der Waals surface area contributed by atoms with Gasteiger partial charge in [0.1, 0.15) is 5.82 Å². The molecular weight excluding hydrogens is 483 g/mol. The van der Waals surface area contributed by atoms with Crippen molar-refractivity contribution in [3.8, 4) is 0 Å². The molecule has 0 saturated carbocycles. The van der Waals surface area contributed by atoms with Gasteiger partial charge in [0.15, 0.2) is 6.04 Å². The van der Waals surface area contributed by atoms with E-state index in [9.17, 15) is 23.6 Å². The van der Waals surface area contributed by atoms with Crippen molar-refractivity contribution in [3.63, 3.8) is 0 Å². The van der Waals surface area contributed by atoms with Gasteiger partial charge in [0.2, 0.25) is 11.8 Å². The van der Waals surface area contributed by atoms with Gasteiger partial charge in [-0.3, -0.25) is 24.6 Å². The van der Waals surface area contributed by atoms with Crippen molar-refractivity contribution in [2.75, 3.05) is 19.0 Å². The summed E-state index contributed by atoms with van der Waals surface area (Å²) < 4.78 is 19.9. The molecule has 0 bridgehead atoms. The van der Waals surface area contributed by atoms with Gasteiger partial charge in [0.05, 0.1) is 21.2 Å². The molecule has 9 nitrogen and oxygen atoms in total. The lowest BCUT2D eigenvalue weighted by Crippen LogP contribution is -2.52. The minimum Gasteiger partial charge on any atom is -0.380 e. The Balaban J connectivity index is 2.41. The summed E-state index contributed by atoms with van der Waals surface area (Å²) >= 11 is 0. The molecule has 11 heteroatoms. The van der Waals surface area contributed by atoms with Gasteiger partial charge in [-0.25, -0.2) is 9.40 Å². The fourth-order valence-electron chi connectivity index (χ4n) is 3.50. The van der Waals surface area contributed by atoms with Gasteiger partial charge in [0.25, 0.3) is 11.8 Å². The Labute approximate surface area is 211 Å². The number of halogens is 1. The highest BCUT2D eigenvalue weighted by atomic mass is 28.3. The van der Waals surface area contributed by atoms with Crippen molar-refractivity contribution in [2.24, 2.45) is 0 Å².